The lowest BCUT2D eigenvalue weighted by Crippen LogP contribution is -2.52. The number of rotatable bonds is 1. The fourth-order valence-electron chi connectivity index (χ4n) is 3.97. The van der Waals surface area contributed by atoms with Crippen LogP contribution in [0.25, 0.3) is 0 Å². The molecule has 0 aromatic rings. The third-order valence-electron chi connectivity index (χ3n) is 4.80. The van der Waals surface area contributed by atoms with Crippen LogP contribution in [0.3, 0.4) is 0 Å². The van der Waals surface area contributed by atoms with Gasteiger partial charge in [0.25, 0.3) is 0 Å². The summed E-state index contributed by atoms with van der Waals surface area (Å²) in [5.41, 5.74) is 1.52. The number of nitrogens with zero attached hydrogens (tertiary/aromatic N) is 1. The average molecular weight is 271 g/mol. The number of hydrogen-bond acceptors (Lipinski definition) is 3. The monoisotopic (exact) mass is 271 g/mol. The van der Waals surface area contributed by atoms with Gasteiger partial charge in [0.15, 0.2) is 0 Å². The van der Waals surface area contributed by atoms with Crippen molar-refractivity contribution in [2.75, 3.05) is 0 Å². The van der Waals surface area contributed by atoms with Crippen molar-refractivity contribution in [3.05, 3.63) is 48.0 Å². The van der Waals surface area contributed by atoms with E-state index >= 15 is 0 Å². The summed E-state index contributed by atoms with van der Waals surface area (Å²) >= 11 is 0. The number of carbonyl (C=O) groups is 1. The molecule has 3 heterocycles. The molecule has 20 heavy (non-hydrogen) atoms. The maximum absolute atomic E-state index is 11.1. The Hall–Kier alpha value is -1.97. The summed E-state index contributed by atoms with van der Waals surface area (Å²) in [6.45, 7) is 0. The molecule has 3 aliphatic heterocycles. The predicted molar refractivity (Wildman–Crippen MR) is 73.4 cm³/mol. The lowest BCUT2D eigenvalue weighted by molar-refractivity contribution is -0.133. The highest BCUT2D eigenvalue weighted by molar-refractivity contribution is 5.87. The zero-order chi connectivity index (χ0) is 13.7. The van der Waals surface area contributed by atoms with Crippen LogP contribution in [0.1, 0.15) is 19.3 Å². The molecule has 0 amide bonds. The Balaban J connectivity index is 1.72. The van der Waals surface area contributed by atoms with Crippen molar-refractivity contribution in [1.82, 2.24) is 4.90 Å². The van der Waals surface area contributed by atoms with Gasteiger partial charge in [-0.05, 0) is 30.8 Å². The van der Waals surface area contributed by atoms with E-state index in [-0.39, 0.29) is 6.10 Å². The Morgan fingerprint density at radius 1 is 1.30 bits per heavy atom. The van der Waals surface area contributed by atoms with E-state index in [0.717, 1.165) is 18.4 Å². The van der Waals surface area contributed by atoms with Crippen molar-refractivity contribution in [1.29, 1.82) is 0 Å². The fraction of sp³-hybridized carbons (Fsp3) is 0.438. The first kappa shape index (κ1) is 11.8. The summed E-state index contributed by atoms with van der Waals surface area (Å²) in [7, 11) is 0. The van der Waals surface area contributed by atoms with Crippen LogP contribution in [0.15, 0.2) is 48.0 Å². The van der Waals surface area contributed by atoms with Gasteiger partial charge in [-0.1, -0.05) is 18.2 Å². The van der Waals surface area contributed by atoms with Gasteiger partial charge >= 0.3 is 5.97 Å². The molecular weight excluding hydrogens is 254 g/mol. The van der Waals surface area contributed by atoms with Crippen LogP contribution >= 0.6 is 0 Å². The first-order chi connectivity index (χ1) is 9.74. The highest BCUT2D eigenvalue weighted by atomic mass is 16.5. The number of fused-ring (bicyclic) bond motifs is 2. The smallest absolute Gasteiger partial charge is 0.335 e. The normalized spacial score (nSPS) is 37.3. The Bertz CT molecular complexity index is 572. The molecular formula is C16H17NO3. The molecule has 0 saturated heterocycles. The highest BCUT2D eigenvalue weighted by Gasteiger charge is 2.45. The highest BCUT2D eigenvalue weighted by Crippen LogP contribution is 2.45. The predicted octanol–water partition coefficient (Wildman–Crippen LogP) is 2.42. The quantitative estimate of drug-likeness (QED) is 0.744. The molecule has 1 N–H and O–H groups in total. The summed E-state index contributed by atoms with van der Waals surface area (Å²) in [6.07, 6.45) is 15.0. The first-order valence-corrected chi connectivity index (χ1v) is 7.13. The van der Waals surface area contributed by atoms with Gasteiger partial charge in [-0.15, -0.1) is 0 Å². The Morgan fingerprint density at radius 3 is 2.90 bits per heavy atom. The van der Waals surface area contributed by atoms with E-state index < -0.39 is 5.97 Å². The van der Waals surface area contributed by atoms with E-state index in [1.165, 1.54) is 6.26 Å². The second-order valence-electron chi connectivity index (χ2n) is 5.93. The lowest BCUT2D eigenvalue weighted by atomic mass is 9.69. The van der Waals surface area contributed by atoms with Crippen LogP contribution in [0.4, 0.5) is 0 Å². The topological polar surface area (TPSA) is 49.8 Å². The van der Waals surface area contributed by atoms with Gasteiger partial charge < -0.3 is 14.7 Å². The largest absolute Gasteiger partial charge is 0.493 e. The number of allylic oxidation sites excluding steroid dienone is 2. The summed E-state index contributed by atoms with van der Waals surface area (Å²) in [5, 5.41) is 9.13. The van der Waals surface area contributed by atoms with Crippen LogP contribution in [-0.2, 0) is 9.53 Å². The van der Waals surface area contributed by atoms with Gasteiger partial charge in [0.2, 0.25) is 0 Å². The molecule has 4 rings (SSSR count). The average Bonchev–Trinajstić information content (AvgIpc) is 2.47. The van der Waals surface area contributed by atoms with Crippen LogP contribution in [0.2, 0.25) is 0 Å². The van der Waals surface area contributed by atoms with Crippen LogP contribution in [-0.4, -0.2) is 28.1 Å². The van der Waals surface area contributed by atoms with E-state index in [1.54, 1.807) is 0 Å². The minimum absolute atomic E-state index is 0.0401. The Kier molecular flexibility index (Phi) is 2.52. The molecule has 4 unspecified atom stereocenters. The summed E-state index contributed by atoms with van der Waals surface area (Å²) in [6, 6.07) is 0.457. The molecule has 0 aromatic heterocycles. The fourth-order valence-corrected chi connectivity index (χ4v) is 3.97. The number of carboxylic acids is 1. The molecule has 4 nitrogen and oxygen atoms in total. The van der Waals surface area contributed by atoms with E-state index in [9.17, 15) is 4.79 Å². The second kappa shape index (κ2) is 4.27. The number of hydrogen-bond donors (Lipinski definition) is 1. The minimum atomic E-state index is -0.875. The molecule has 4 heteroatoms. The van der Waals surface area contributed by atoms with Gasteiger partial charge in [0.1, 0.15) is 6.10 Å². The van der Waals surface area contributed by atoms with Crippen LogP contribution in [0, 0.1) is 11.8 Å². The van der Waals surface area contributed by atoms with E-state index in [4.69, 9.17) is 9.84 Å². The maximum Gasteiger partial charge on any atom is 0.335 e. The van der Waals surface area contributed by atoms with Crippen molar-refractivity contribution >= 4 is 5.97 Å². The van der Waals surface area contributed by atoms with Gasteiger partial charge in [-0.25, -0.2) is 4.79 Å². The standard InChI is InChI=1S/C16H17NO3/c18-16(19)12-8-11-7-10-3-1-5-17-6-2-4-13(14(10)17)15(11)20-9-12/h1-2,5-7,9-10,13-15H,3-4,8H2,(H,18,19). The third-order valence-corrected chi connectivity index (χ3v) is 4.80. The Morgan fingerprint density at radius 2 is 2.10 bits per heavy atom. The number of carboxylic acid groups (broad SMARTS) is 1. The maximum atomic E-state index is 11.1. The van der Waals surface area contributed by atoms with Gasteiger partial charge in [0, 0.05) is 24.3 Å². The molecule has 0 radical (unpaired) electrons. The molecule has 4 aliphatic rings. The summed E-state index contributed by atoms with van der Waals surface area (Å²) < 4.78 is 5.79. The van der Waals surface area contributed by atoms with Crippen molar-refractivity contribution in [3.8, 4) is 0 Å². The summed E-state index contributed by atoms with van der Waals surface area (Å²) in [4.78, 5) is 13.4. The third kappa shape index (κ3) is 1.64. The Labute approximate surface area is 117 Å². The van der Waals surface area contributed by atoms with Gasteiger partial charge in [-0.2, -0.15) is 0 Å². The van der Waals surface area contributed by atoms with Crippen molar-refractivity contribution in [2.24, 2.45) is 11.8 Å². The number of ether oxygens (including phenoxy) is 1. The number of aliphatic carboxylic acids is 1. The molecule has 0 aromatic carbocycles. The van der Waals surface area contributed by atoms with Crippen LogP contribution in [0.5, 0.6) is 0 Å². The zero-order valence-electron chi connectivity index (χ0n) is 11.1. The SMILES string of the molecule is O=C(O)C1=COC2C(=CC3CC=CN4C=CCC2C34)C1. The van der Waals surface area contributed by atoms with E-state index in [2.05, 4.69) is 35.5 Å². The molecule has 0 saturated carbocycles. The van der Waals surface area contributed by atoms with E-state index in [1.807, 2.05) is 0 Å². The second-order valence-corrected chi connectivity index (χ2v) is 5.93. The molecule has 0 fully saturated rings. The van der Waals surface area contributed by atoms with Gasteiger partial charge in [-0.3, -0.25) is 0 Å². The van der Waals surface area contributed by atoms with E-state index in [0.29, 0.717) is 29.9 Å². The molecule has 4 atom stereocenters. The van der Waals surface area contributed by atoms with Crippen molar-refractivity contribution in [3.63, 3.8) is 0 Å². The van der Waals surface area contributed by atoms with Crippen molar-refractivity contribution in [2.45, 2.75) is 31.4 Å². The van der Waals surface area contributed by atoms with Crippen molar-refractivity contribution < 1.29 is 14.6 Å². The van der Waals surface area contributed by atoms with Gasteiger partial charge in [0.05, 0.1) is 11.8 Å². The summed E-state index contributed by atoms with van der Waals surface area (Å²) in [5.74, 6) is 0.0136. The molecule has 1 aliphatic carbocycles. The first-order valence-electron chi connectivity index (χ1n) is 7.13. The van der Waals surface area contributed by atoms with Crippen LogP contribution < -0.4 is 0 Å². The molecule has 0 bridgehead atoms. The molecule has 104 valence electrons. The molecule has 0 spiro atoms. The zero-order valence-corrected chi connectivity index (χ0v) is 11.1. The lowest BCUT2D eigenvalue weighted by Gasteiger charge is -2.49. The minimum Gasteiger partial charge on any atom is -0.493 e.